The molecule has 0 spiro atoms. The van der Waals surface area contributed by atoms with Gasteiger partial charge in [-0.05, 0) is 42.5 Å². The molecule has 3 rings (SSSR count). The van der Waals surface area contributed by atoms with Gasteiger partial charge in [-0.3, -0.25) is 10.8 Å². The van der Waals surface area contributed by atoms with E-state index in [9.17, 15) is 0 Å². The first-order valence-electron chi connectivity index (χ1n) is 5.86. The molecule has 0 aliphatic heterocycles. The second-order valence-corrected chi connectivity index (χ2v) is 5.51. The van der Waals surface area contributed by atoms with E-state index >= 15 is 0 Å². The molecule has 0 fully saturated rings. The molecule has 0 amide bonds. The first kappa shape index (κ1) is 10.9. The molecule has 2 aromatic rings. The predicted molar refractivity (Wildman–Crippen MR) is 69.7 cm³/mol. The molecular formula is C13H15N3S. The summed E-state index contributed by atoms with van der Waals surface area (Å²) in [6, 6.07) is 6.37. The number of nitrogens with one attached hydrogen (secondary N) is 1. The Hall–Kier alpha value is -1.23. The van der Waals surface area contributed by atoms with Gasteiger partial charge in [-0.2, -0.15) is 0 Å². The normalized spacial score (nSPS) is 15.8. The molecule has 0 radical (unpaired) electrons. The van der Waals surface area contributed by atoms with Crippen LogP contribution in [0.15, 0.2) is 30.6 Å². The number of pyridine rings is 1. The van der Waals surface area contributed by atoms with Crippen molar-refractivity contribution >= 4 is 11.3 Å². The maximum Gasteiger partial charge on any atom is 0.0817 e. The van der Waals surface area contributed by atoms with Crippen molar-refractivity contribution in [2.24, 2.45) is 5.84 Å². The number of hydrazine groups is 1. The molecule has 0 aromatic carbocycles. The number of hydrogen-bond donors (Lipinski definition) is 2. The lowest BCUT2D eigenvalue weighted by molar-refractivity contribution is 0.643. The molecule has 1 aliphatic carbocycles. The average Bonchev–Trinajstić information content (AvgIpc) is 2.92. The molecule has 1 aliphatic rings. The lowest BCUT2D eigenvalue weighted by Crippen LogP contribution is -2.28. The van der Waals surface area contributed by atoms with Crippen molar-refractivity contribution in [1.29, 1.82) is 0 Å². The summed E-state index contributed by atoms with van der Waals surface area (Å²) in [5.74, 6) is 5.68. The number of aryl methyl sites for hydroxylation is 2. The van der Waals surface area contributed by atoms with E-state index in [4.69, 9.17) is 5.84 Å². The third kappa shape index (κ3) is 1.99. The first-order valence-corrected chi connectivity index (χ1v) is 6.67. The van der Waals surface area contributed by atoms with Gasteiger partial charge in [0.15, 0.2) is 0 Å². The van der Waals surface area contributed by atoms with E-state index in [-0.39, 0.29) is 6.04 Å². The minimum atomic E-state index is 0.0688. The summed E-state index contributed by atoms with van der Waals surface area (Å²) in [7, 11) is 0. The molecule has 3 N–H and O–H groups in total. The van der Waals surface area contributed by atoms with E-state index in [1.165, 1.54) is 34.6 Å². The smallest absolute Gasteiger partial charge is 0.0817 e. The second-order valence-electron chi connectivity index (χ2n) is 4.34. The van der Waals surface area contributed by atoms with E-state index in [0.717, 1.165) is 5.56 Å². The Labute approximate surface area is 105 Å². The third-order valence-corrected chi connectivity index (χ3v) is 4.54. The Kier molecular flexibility index (Phi) is 2.93. The van der Waals surface area contributed by atoms with Crippen LogP contribution >= 0.6 is 11.3 Å². The minimum Gasteiger partial charge on any atom is -0.271 e. The van der Waals surface area contributed by atoms with Gasteiger partial charge in [0.25, 0.3) is 0 Å². The molecule has 2 aromatic heterocycles. The van der Waals surface area contributed by atoms with Crippen LogP contribution in [-0.2, 0) is 12.8 Å². The molecule has 0 saturated carbocycles. The third-order valence-electron chi connectivity index (χ3n) is 3.23. The molecule has 1 unspecified atom stereocenters. The summed E-state index contributed by atoms with van der Waals surface area (Å²) in [5, 5.41) is 0. The fourth-order valence-corrected chi connectivity index (χ4v) is 3.73. The number of rotatable bonds is 3. The van der Waals surface area contributed by atoms with Crippen molar-refractivity contribution in [3.8, 4) is 0 Å². The van der Waals surface area contributed by atoms with Crippen LogP contribution in [0, 0.1) is 0 Å². The lowest BCUT2D eigenvalue weighted by atomic mass is 10.1. The molecule has 88 valence electrons. The van der Waals surface area contributed by atoms with E-state index < -0.39 is 0 Å². The highest BCUT2D eigenvalue weighted by molar-refractivity contribution is 7.12. The summed E-state index contributed by atoms with van der Waals surface area (Å²) in [6.45, 7) is 0. The number of nitrogens with zero attached hydrogens (tertiary/aromatic N) is 1. The Morgan fingerprint density at radius 1 is 1.41 bits per heavy atom. The van der Waals surface area contributed by atoms with Gasteiger partial charge in [0.2, 0.25) is 0 Å². The number of thiophene rings is 1. The van der Waals surface area contributed by atoms with E-state index in [2.05, 4.69) is 22.5 Å². The highest BCUT2D eigenvalue weighted by atomic mass is 32.1. The van der Waals surface area contributed by atoms with Crippen molar-refractivity contribution in [2.45, 2.75) is 25.3 Å². The van der Waals surface area contributed by atoms with Crippen molar-refractivity contribution in [2.75, 3.05) is 0 Å². The number of aromatic nitrogens is 1. The first-order chi connectivity index (χ1) is 8.38. The van der Waals surface area contributed by atoms with Gasteiger partial charge in [-0.15, -0.1) is 11.3 Å². The van der Waals surface area contributed by atoms with Gasteiger partial charge >= 0.3 is 0 Å². The molecule has 2 heterocycles. The van der Waals surface area contributed by atoms with Crippen molar-refractivity contribution in [3.63, 3.8) is 0 Å². The SMILES string of the molecule is NNC(c1cccnc1)c1cc2c(s1)CCC2. The highest BCUT2D eigenvalue weighted by Gasteiger charge is 2.20. The zero-order valence-corrected chi connectivity index (χ0v) is 10.3. The Bertz CT molecular complexity index is 485. The zero-order chi connectivity index (χ0) is 11.7. The van der Waals surface area contributed by atoms with Crippen LogP contribution in [0.4, 0.5) is 0 Å². The molecule has 0 saturated heterocycles. The van der Waals surface area contributed by atoms with Crippen LogP contribution in [0.2, 0.25) is 0 Å². The monoisotopic (exact) mass is 245 g/mol. The zero-order valence-electron chi connectivity index (χ0n) is 9.52. The van der Waals surface area contributed by atoms with Crippen LogP contribution in [0.5, 0.6) is 0 Å². The number of nitrogens with two attached hydrogens (primary N) is 1. The Morgan fingerprint density at radius 2 is 2.35 bits per heavy atom. The minimum absolute atomic E-state index is 0.0688. The van der Waals surface area contributed by atoms with Gasteiger partial charge in [-0.25, -0.2) is 5.43 Å². The summed E-state index contributed by atoms with van der Waals surface area (Å²) < 4.78 is 0. The van der Waals surface area contributed by atoms with E-state index in [1.807, 2.05) is 23.6 Å². The summed E-state index contributed by atoms with van der Waals surface area (Å²) >= 11 is 1.88. The van der Waals surface area contributed by atoms with Gasteiger partial charge in [-0.1, -0.05) is 6.07 Å². The second kappa shape index (κ2) is 4.56. The van der Waals surface area contributed by atoms with Gasteiger partial charge in [0.1, 0.15) is 0 Å². The molecule has 4 heteroatoms. The number of hydrogen-bond acceptors (Lipinski definition) is 4. The van der Waals surface area contributed by atoms with Crippen LogP contribution in [-0.4, -0.2) is 4.98 Å². The molecular weight excluding hydrogens is 230 g/mol. The van der Waals surface area contributed by atoms with Crippen molar-refractivity contribution < 1.29 is 0 Å². The van der Waals surface area contributed by atoms with Crippen molar-refractivity contribution in [1.82, 2.24) is 10.4 Å². The molecule has 17 heavy (non-hydrogen) atoms. The molecule has 1 atom stereocenters. The number of fused-ring (bicyclic) bond motifs is 1. The lowest BCUT2D eigenvalue weighted by Gasteiger charge is -2.14. The Morgan fingerprint density at radius 3 is 3.06 bits per heavy atom. The fraction of sp³-hybridized carbons (Fsp3) is 0.308. The maximum absolute atomic E-state index is 5.68. The van der Waals surface area contributed by atoms with Gasteiger partial charge < -0.3 is 0 Å². The maximum atomic E-state index is 5.68. The largest absolute Gasteiger partial charge is 0.271 e. The predicted octanol–water partition coefficient (Wildman–Crippen LogP) is 2.18. The van der Waals surface area contributed by atoms with E-state index in [0.29, 0.717) is 0 Å². The van der Waals surface area contributed by atoms with Gasteiger partial charge in [0, 0.05) is 22.1 Å². The standard InChI is InChI=1S/C13H15N3S/c14-16-13(10-4-2-6-15-8-10)12-7-9-3-1-5-11(9)17-12/h2,4,6-8,13,16H,1,3,5,14H2. The van der Waals surface area contributed by atoms with Crippen LogP contribution < -0.4 is 11.3 Å². The Balaban J connectivity index is 1.95. The van der Waals surface area contributed by atoms with Crippen LogP contribution in [0.3, 0.4) is 0 Å². The van der Waals surface area contributed by atoms with Gasteiger partial charge in [0.05, 0.1) is 6.04 Å². The fourth-order valence-electron chi connectivity index (χ4n) is 2.38. The van der Waals surface area contributed by atoms with Crippen LogP contribution in [0.1, 0.15) is 33.3 Å². The quantitative estimate of drug-likeness (QED) is 0.644. The molecule has 3 nitrogen and oxygen atoms in total. The van der Waals surface area contributed by atoms with Crippen molar-refractivity contribution in [3.05, 3.63) is 51.5 Å². The van der Waals surface area contributed by atoms with Crippen LogP contribution in [0.25, 0.3) is 0 Å². The topological polar surface area (TPSA) is 50.9 Å². The summed E-state index contributed by atoms with van der Waals surface area (Å²) in [6.07, 6.45) is 7.40. The average molecular weight is 245 g/mol. The summed E-state index contributed by atoms with van der Waals surface area (Å²) in [4.78, 5) is 6.98. The molecule has 0 bridgehead atoms. The summed E-state index contributed by atoms with van der Waals surface area (Å²) in [5.41, 5.74) is 5.52. The highest BCUT2D eigenvalue weighted by Crippen LogP contribution is 2.35. The van der Waals surface area contributed by atoms with E-state index in [1.54, 1.807) is 6.20 Å².